The first-order valence-electron chi connectivity index (χ1n) is 6.59. The highest BCUT2D eigenvalue weighted by Gasteiger charge is 2.13. The van der Waals surface area contributed by atoms with Gasteiger partial charge in [0.1, 0.15) is 11.9 Å². The average Bonchev–Trinajstić information content (AvgIpc) is 2.54. The predicted molar refractivity (Wildman–Crippen MR) is 81.0 cm³/mol. The number of aliphatic hydroxyl groups excluding tert-OH is 1. The van der Waals surface area contributed by atoms with Gasteiger partial charge < -0.3 is 9.84 Å². The molecular weight excluding hydrogens is 248 g/mol. The number of rotatable bonds is 3. The van der Waals surface area contributed by atoms with Crippen molar-refractivity contribution in [2.45, 2.75) is 6.10 Å². The maximum atomic E-state index is 10.6. The summed E-state index contributed by atoms with van der Waals surface area (Å²) in [6.45, 7) is 0. The van der Waals surface area contributed by atoms with Gasteiger partial charge in [-0.2, -0.15) is 0 Å². The topological polar surface area (TPSA) is 29.5 Å². The lowest BCUT2D eigenvalue weighted by Crippen LogP contribution is -2.00. The lowest BCUT2D eigenvalue weighted by atomic mass is 9.96. The van der Waals surface area contributed by atoms with E-state index in [1.165, 1.54) is 0 Å². The van der Waals surface area contributed by atoms with E-state index in [-0.39, 0.29) is 0 Å². The zero-order chi connectivity index (χ0) is 13.9. The molecule has 1 N–H and O–H groups in total. The molecule has 0 heterocycles. The van der Waals surface area contributed by atoms with Crippen LogP contribution >= 0.6 is 0 Å². The third kappa shape index (κ3) is 2.26. The minimum absolute atomic E-state index is 0.632. The Morgan fingerprint density at radius 3 is 2.30 bits per heavy atom. The molecule has 0 saturated heterocycles. The van der Waals surface area contributed by atoms with Gasteiger partial charge in [-0.25, -0.2) is 0 Å². The van der Waals surface area contributed by atoms with E-state index in [0.717, 1.165) is 27.6 Å². The molecule has 100 valence electrons. The van der Waals surface area contributed by atoms with Gasteiger partial charge in [-0.1, -0.05) is 54.6 Å². The molecule has 3 aromatic rings. The fourth-order valence-electron chi connectivity index (χ4n) is 2.45. The van der Waals surface area contributed by atoms with Gasteiger partial charge in [-0.3, -0.25) is 0 Å². The number of benzene rings is 3. The van der Waals surface area contributed by atoms with Crippen LogP contribution in [0.25, 0.3) is 10.8 Å². The van der Waals surface area contributed by atoms with E-state index in [1.807, 2.05) is 54.6 Å². The lowest BCUT2D eigenvalue weighted by molar-refractivity contribution is 0.222. The third-order valence-electron chi connectivity index (χ3n) is 3.55. The molecule has 0 aliphatic heterocycles. The average molecular weight is 264 g/mol. The van der Waals surface area contributed by atoms with Crippen LogP contribution in [0.3, 0.4) is 0 Å². The summed E-state index contributed by atoms with van der Waals surface area (Å²) in [4.78, 5) is 0. The largest absolute Gasteiger partial charge is 0.497 e. The van der Waals surface area contributed by atoms with Crippen LogP contribution in [0.15, 0.2) is 66.7 Å². The molecule has 0 amide bonds. The van der Waals surface area contributed by atoms with Crippen LogP contribution in [0.4, 0.5) is 0 Å². The highest BCUT2D eigenvalue weighted by Crippen LogP contribution is 2.29. The Labute approximate surface area is 118 Å². The molecule has 0 fully saturated rings. The number of aliphatic hydroxyl groups is 1. The molecule has 2 heteroatoms. The summed E-state index contributed by atoms with van der Waals surface area (Å²) in [6.07, 6.45) is -0.632. The number of ether oxygens (including phenoxy) is 1. The van der Waals surface area contributed by atoms with Gasteiger partial charge in [0, 0.05) is 0 Å². The third-order valence-corrected chi connectivity index (χ3v) is 3.55. The summed E-state index contributed by atoms with van der Waals surface area (Å²) in [5.74, 6) is 0.791. The van der Waals surface area contributed by atoms with Crippen LogP contribution in [0.5, 0.6) is 5.75 Å². The van der Waals surface area contributed by atoms with Crippen LogP contribution < -0.4 is 4.74 Å². The van der Waals surface area contributed by atoms with Crippen molar-refractivity contribution >= 4 is 10.8 Å². The summed E-state index contributed by atoms with van der Waals surface area (Å²) < 4.78 is 5.14. The Morgan fingerprint density at radius 1 is 0.850 bits per heavy atom. The molecule has 2 nitrogen and oxygen atoms in total. The van der Waals surface area contributed by atoms with E-state index in [9.17, 15) is 5.11 Å². The normalized spacial score (nSPS) is 12.3. The maximum Gasteiger partial charge on any atom is 0.118 e. The van der Waals surface area contributed by atoms with E-state index < -0.39 is 6.10 Å². The van der Waals surface area contributed by atoms with Crippen molar-refractivity contribution in [3.63, 3.8) is 0 Å². The molecule has 0 bridgehead atoms. The Hall–Kier alpha value is -2.32. The summed E-state index contributed by atoms with van der Waals surface area (Å²) in [5, 5.41) is 12.8. The molecule has 0 aliphatic rings. The van der Waals surface area contributed by atoms with Crippen molar-refractivity contribution in [3.05, 3.63) is 77.9 Å². The van der Waals surface area contributed by atoms with Crippen molar-refractivity contribution < 1.29 is 9.84 Å². The minimum atomic E-state index is -0.632. The molecule has 1 atom stereocenters. The first-order chi connectivity index (χ1) is 9.79. The molecule has 3 aromatic carbocycles. The molecule has 0 radical (unpaired) electrons. The summed E-state index contributed by atoms with van der Waals surface area (Å²) in [7, 11) is 1.64. The van der Waals surface area contributed by atoms with Crippen LogP contribution in [0, 0.1) is 0 Å². The zero-order valence-electron chi connectivity index (χ0n) is 11.3. The van der Waals surface area contributed by atoms with Gasteiger partial charge in [0.25, 0.3) is 0 Å². The van der Waals surface area contributed by atoms with Gasteiger partial charge >= 0.3 is 0 Å². The second-order valence-corrected chi connectivity index (χ2v) is 4.74. The summed E-state index contributed by atoms with van der Waals surface area (Å²) >= 11 is 0. The van der Waals surface area contributed by atoms with Gasteiger partial charge in [0.2, 0.25) is 0 Å². The second-order valence-electron chi connectivity index (χ2n) is 4.74. The Balaban J connectivity index is 2.05. The molecule has 0 spiro atoms. The first-order valence-corrected chi connectivity index (χ1v) is 6.59. The maximum absolute atomic E-state index is 10.6. The standard InChI is InChI=1S/C18H16O2/c1-20-15-11-9-14(10-12-15)18(19)17-8-4-6-13-5-2-3-7-16(13)17/h2-12,18-19H,1H3/t18-/m0/s1. The van der Waals surface area contributed by atoms with E-state index in [2.05, 4.69) is 12.1 Å². The molecule has 0 aliphatic carbocycles. The smallest absolute Gasteiger partial charge is 0.118 e. The second kappa shape index (κ2) is 5.35. The highest BCUT2D eigenvalue weighted by atomic mass is 16.5. The van der Waals surface area contributed by atoms with Crippen molar-refractivity contribution in [2.75, 3.05) is 7.11 Å². The van der Waals surface area contributed by atoms with Crippen LogP contribution in [0.1, 0.15) is 17.2 Å². The highest BCUT2D eigenvalue weighted by molar-refractivity contribution is 5.86. The van der Waals surface area contributed by atoms with Gasteiger partial charge in [-0.05, 0) is 34.0 Å². The van der Waals surface area contributed by atoms with Gasteiger partial charge in [0.05, 0.1) is 7.11 Å². The monoisotopic (exact) mass is 264 g/mol. The van der Waals surface area contributed by atoms with E-state index in [4.69, 9.17) is 4.74 Å². The molecular formula is C18H16O2. The van der Waals surface area contributed by atoms with Crippen LogP contribution in [-0.2, 0) is 0 Å². The summed E-state index contributed by atoms with van der Waals surface area (Å²) in [5.41, 5.74) is 1.79. The first kappa shape index (κ1) is 12.7. The van der Waals surface area contributed by atoms with Crippen LogP contribution in [-0.4, -0.2) is 12.2 Å². The Morgan fingerprint density at radius 2 is 1.55 bits per heavy atom. The number of fused-ring (bicyclic) bond motifs is 1. The van der Waals surface area contributed by atoms with Crippen molar-refractivity contribution in [2.24, 2.45) is 0 Å². The number of methoxy groups -OCH3 is 1. The minimum Gasteiger partial charge on any atom is -0.497 e. The predicted octanol–water partition coefficient (Wildman–Crippen LogP) is 3.93. The zero-order valence-corrected chi connectivity index (χ0v) is 11.3. The van der Waals surface area contributed by atoms with E-state index in [0.29, 0.717) is 0 Å². The number of hydrogen-bond donors (Lipinski definition) is 1. The lowest BCUT2D eigenvalue weighted by Gasteiger charge is -2.14. The fourth-order valence-corrected chi connectivity index (χ4v) is 2.45. The van der Waals surface area contributed by atoms with Gasteiger partial charge in [-0.15, -0.1) is 0 Å². The summed E-state index contributed by atoms with van der Waals surface area (Å²) in [6, 6.07) is 21.6. The number of hydrogen-bond acceptors (Lipinski definition) is 2. The molecule has 20 heavy (non-hydrogen) atoms. The van der Waals surface area contributed by atoms with E-state index >= 15 is 0 Å². The Kier molecular flexibility index (Phi) is 3.40. The fraction of sp³-hybridized carbons (Fsp3) is 0.111. The SMILES string of the molecule is COc1ccc([C@H](O)c2cccc3ccccc23)cc1. The quantitative estimate of drug-likeness (QED) is 0.776. The molecule has 0 unspecified atom stereocenters. The van der Waals surface area contributed by atoms with Crippen LogP contribution in [0.2, 0.25) is 0 Å². The Bertz CT molecular complexity index is 712. The van der Waals surface area contributed by atoms with Crippen molar-refractivity contribution in [1.29, 1.82) is 0 Å². The molecule has 0 saturated carbocycles. The van der Waals surface area contributed by atoms with Crippen molar-refractivity contribution in [1.82, 2.24) is 0 Å². The van der Waals surface area contributed by atoms with Gasteiger partial charge in [0.15, 0.2) is 0 Å². The van der Waals surface area contributed by atoms with Crippen molar-refractivity contribution in [3.8, 4) is 5.75 Å². The molecule has 3 rings (SSSR count). The molecule has 0 aromatic heterocycles. The van der Waals surface area contributed by atoms with E-state index in [1.54, 1.807) is 7.11 Å².